The van der Waals surface area contributed by atoms with Crippen LogP contribution in [0.5, 0.6) is 11.5 Å². The normalized spacial score (nSPS) is 18.6. The van der Waals surface area contributed by atoms with Gasteiger partial charge in [0.2, 0.25) is 5.91 Å². The fourth-order valence-corrected chi connectivity index (χ4v) is 4.10. The number of fused-ring (bicyclic) bond motifs is 2. The molecule has 29 heavy (non-hydrogen) atoms. The minimum Gasteiger partial charge on any atom is -0.486 e. The fourth-order valence-electron chi connectivity index (χ4n) is 4.10. The summed E-state index contributed by atoms with van der Waals surface area (Å²) < 4.78 is 11.3. The van der Waals surface area contributed by atoms with Crippen molar-refractivity contribution in [1.29, 1.82) is 0 Å². The lowest BCUT2D eigenvalue weighted by atomic mass is 10.0. The number of amides is 1. The standard InChI is InChI=1S/C22H24N4O3/c27-22(13-19-17-5-1-2-6-18(17)24-25-19)26-9-3-4-16(14-26)23-15-7-8-20-21(12-15)29-11-10-28-20/h1-2,5-8,12,16,23H,3-4,9-11,13-14H2,(H,24,25). The zero-order valence-electron chi connectivity index (χ0n) is 16.2. The average molecular weight is 392 g/mol. The maximum Gasteiger partial charge on any atom is 0.228 e. The molecule has 7 heteroatoms. The molecule has 1 saturated heterocycles. The van der Waals surface area contributed by atoms with E-state index in [0.717, 1.165) is 53.2 Å². The fraction of sp³-hybridized carbons (Fsp3) is 0.364. The van der Waals surface area contributed by atoms with E-state index in [1.54, 1.807) is 0 Å². The molecule has 3 aromatic rings. The van der Waals surface area contributed by atoms with Gasteiger partial charge in [-0.2, -0.15) is 5.10 Å². The summed E-state index contributed by atoms with van der Waals surface area (Å²) in [6.45, 7) is 2.65. The van der Waals surface area contributed by atoms with Crippen LogP contribution in [-0.2, 0) is 11.2 Å². The van der Waals surface area contributed by atoms with Gasteiger partial charge in [0.15, 0.2) is 11.5 Å². The van der Waals surface area contributed by atoms with E-state index in [-0.39, 0.29) is 11.9 Å². The lowest BCUT2D eigenvalue weighted by molar-refractivity contribution is -0.131. The topological polar surface area (TPSA) is 79.5 Å². The molecule has 2 aliphatic heterocycles. The number of nitrogens with one attached hydrogen (secondary N) is 2. The van der Waals surface area contributed by atoms with E-state index >= 15 is 0 Å². The molecule has 1 aromatic heterocycles. The Kier molecular flexibility index (Phi) is 4.71. The molecule has 0 bridgehead atoms. The summed E-state index contributed by atoms with van der Waals surface area (Å²) >= 11 is 0. The average Bonchev–Trinajstić information content (AvgIpc) is 3.17. The van der Waals surface area contributed by atoms with E-state index in [1.165, 1.54) is 0 Å². The first-order valence-electron chi connectivity index (χ1n) is 10.1. The van der Waals surface area contributed by atoms with E-state index in [9.17, 15) is 4.79 Å². The Labute approximate surface area is 169 Å². The Morgan fingerprint density at radius 3 is 2.97 bits per heavy atom. The van der Waals surface area contributed by atoms with Crippen LogP contribution in [0.4, 0.5) is 5.69 Å². The first kappa shape index (κ1) is 17.8. The Morgan fingerprint density at radius 1 is 1.17 bits per heavy atom. The number of piperidine rings is 1. The molecule has 0 aliphatic carbocycles. The number of para-hydroxylation sites is 1. The SMILES string of the molecule is O=C(Cc1[nH]nc2ccccc12)N1CCCC(Nc2ccc3c(c2)OCCO3)C1. The molecule has 0 saturated carbocycles. The highest BCUT2D eigenvalue weighted by molar-refractivity contribution is 5.87. The van der Waals surface area contributed by atoms with Crippen molar-refractivity contribution in [3.8, 4) is 11.5 Å². The van der Waals surface area contributed by atoms with Crippen LogP contribution >= 0.6 is 0 Å². The molecule has 150 valence electrons. The van der Waals surface area contributed by atoms with Gasteiger partial charge in [-0.05, 0) is 31.0 Å². The summed E-state index contributed by atoms with van der Waals surface area (Å²) in [6, 6.07) is 14.0. The maximum absolute atomic E-state index is 12.9. The number of nitrogens with zero attached hydrogens (tertiary/aromatic N) is 2. The highest BCUT2D eigenvalue weighted by atomic mass is 16.6. The third-order valence-corrected chi connectivity index (χ3v) is 5.56. The number of benzene rings is 2. The van der Waals surface area contributed by atoms with E-state index in [0.29, 0.717) is 26.2 Å². The quantitative estimate of drug-likeness (QED) is 0.714. The number of aromatic amines is 1. The Balaban J connectivity index is 1.24. The summed E-state index contributed by atoms with van der Waals surface area (Å²) in [5.74, 6) is 1.69. The van der Waals surface area contributed by atoms with Crippen molar-refractivity contribution in [2.24, 2.45) is 0 Å². The molecule has 2 aromatic carbocycles. The summed E-state index contributed by atoms with van der Waals surface area (Å²) in [5, 5.41) is 11.9. The van der Waals surface area contributed by atoms with Crippen molar-refractivity contribution in [3.05, 3.63) is 48.2 Å². The molecule has 7 nitrogen and oxygen atoms in total. The van der Waals surface area contributed by atoms with Crippen LogP contribution in [0.3, 0.4) is 0 Å². The number of anilines is 1. The van der Waals surface area contributed by atoms with E-state index in [4.69, 9.17) is 9.47 Å². The van der Waals surface area contributed by atoms with Gasteiger partial charge in [0.1, 0.15) is 13.2 Å². The number of carbonyl (C=O) groups excluding carboxylic acids is 1. The van der Waals surface area contributed by atoms with Crippen molar-refractivity contribution in [2.75, 3.05) is 31.6 Å². The van der Waals surface area contributed by atoms with Crippen molar-refractivity contribution in [3.63, 3.8) is 0 Å². The maximum atomic E-state index is 12.9. The number of aromatic nitrogens is 2. The van der Waals surface area contributed by atoms with Crippen LogP contribution in [-0.4, -0.2) is 53.3 Å². The van der Waals surface area contributed by atoms with Gasteiger partial charge in [0.05, 0.1) is 17.6 Å². The first-order chi connectivity index (χ1) is 14.3. The van der Waals surface area contributed by atoms with Crippen LogP contribution in [0.1, 0.15) is 18.5 Å². The largest absolute Gasteiger partial charge is 0.486 e. The first-order valence-corrected chi connectivity index (χ1v) is 10.1. The molecule has 0 radical (unpaired) electrons. The van der Waals surface area contributed by atoms with Gasteiger partial charge in [-0.1, -0.05) is 18.2 Å². The molecule has 1 unspecified atom stereocenters. The molecular weight excluding hydrogens is 368 g/mol. The summed E-state index contributed by atoms with van der Waals surface area (Å²) in [5.41, 5.74) is 2.77. The summed E-state index contributed by atoms with van der Waals surface area (Å²) in [6.07, 6.45) is 2.36. The van der Waals surface area contributed by atoms with Gasteiger partial charge in [0, 0.05) is 36.3 Å². The number of H-pyrrole nitrogens is 1. The van der Waals surface area contributed by atoms with Crippen LogP contribution in [0.2, 0.25) is 0 Å². The molecule has 2 N–H and O–H groups in total. The third-order valence-electron chi connectivity index (χ3n) is 5.56. The van der Waals surface area contributed by atoms with Crippen molar-refractivity contribution in [1.82, 2.24) is 15.1 Å². The minimum absolute atomic E-state index is 0.132. The molecule has 1 amide bonds. The number of ether oxygens (including phenoxy) is 2. The van der Waals surface area contributed by atoms with Gasteiger partial charge in [-0.25, -0.2) is 0 Å². The van der Waals surface area contributed by atoms with Crippen LogP contribution in [0.15, 0.2) is 42.5 Å². The van der Waals surface area contributed by atoms with Crippen LogP contribution < -0.4 is 14.8 Å². The number of hydrogen-bond acceptors (Lipinski definition) is 5. The molecule has 1 fully saturated rings. The predicted octanol–water partition coefficient (Wildman–Crippen LogP) is 2.98. The van der Waals surface area contributed by atoms with Gasteiger partial charge in [-0.3, -0.25) is 9.89 Å². The van der Waals surface area contributed by atoms with Crippen LogP contribution in [0, 0.1) is 0 Å². The highest BCUT2D eigenvalue weighted by Crippen LogP contribution is 2.33. The number of hydrogen-bond donors (Lipinski definition) is 2. The number of rotatable bonds is 4. The minimum atomic E-state index is 0.132. The predicted molar refractivity (Wildman–Crippen MR) is 110 cm³/mol. The Morgan fingerprint density at radius 2 is 2.03 bits per heavy atom. The smallest absolute Gasteiger partial charge is 0.228 e. The van der Waals surface area contributed by atoms with Gasteiger partial charge >= 0.3 is 0 Å². The zero-order chi connectivity index (χ0) is 19.6. The molecule has 0 spiro atoms. The second-order valence-corrected chi connectivity index (χ2v) is 7.58. The van der Waals surface area contributed by atoms with E-state index in [1.807, 2.05) is 47.4 Å². The monoisotopic (exact) mass is 392 g/mol. The Hall–Kier alpha value is -3.22. The third kappa shape index (κ3) is 3.72. The van der Waals surface area contributed by atoms with E-state index in [2.05, 4.69) is 15.5 Å². The molecule has 2 aliphatic rings. The molecular formula is C22H24N4O3. The van der Waals surface area contributed by atoms with Crippen molar-refractivity contribution >= 4 is 22.5 Å². The summed E-state index contributed by atoms with van der Waals surface area (Å²) in [4.78, 5) is 14.9. The second kappa shape index (κ2) is 7.66. The van der Waals surface area contributed by atoms with Gasteiger partial charge < -0.3 is 19.7 Å². The summed E-state index contributed by atoms with van der Waals surface area (Å²) in [7, 11) is 0. The molecule has 1 atom stereocenters. The van der Waals surface area contributed by atoms with Crippen molar-refractivity contribution in [2.45, 2.75) is 25.3 Å². The molecule has 5 rings (SSSR count). The van der Waals surface area contributed by atoms with Gasteiger partial charge in [-0.15, -0.1) is 0 Å². The van der Waals surface area contributed by atoms with E-state index < -0.39 is 0 Å². The lowest BCUT2D eigenvalue weighted by Crippen LogP contribution is -2.45. The zero-order valence-corrected chi connectivity index (χ0v) is 16.2. The van der Waals surface area contributed by atoms with Crippen molar-refractivity contribution < 1.29 is 14.3 Å². The number of likely N-dealkylation sites (tertiary alicyclic amines) is 1. The van der Waals surface area contributed by atoms with Gasteiger partial charge in [0.25, 0.3) is 0 Å². The number of carbonyl (C=O) groups is 1. The van der Waals surface area contributed by atoms with Crippen LogP contribution in [0.25, 0.3) is 10.9 Å². The lowest BCUT2D eigenvalue weighted by Gasteiger charge is -2.34. The molecule has 3 heterocycles. The Bertz CT molecular complexity index is 1030. The second-order valence-electron chi connectivity index (χ2n) is 7.58. The highest BCUT2D eigenvalue weighted by Gasteiger charge is 2.25.